The number of aromatic carboxylic acids is 1. The summed E-state index contributed by atoms with van der Waals surface area (Å²) in [5.41, 5.74) is 0.0445. The van der Waals surface area contributed by atoms with Crippen LogP contribution in [-0.2, 0) is 4.79 Å². The van der Waals surface area contributed by atoms with E-state index in [0.29, 0.717) is 13.0 Å². The standard InChI is InChI=1S/C13H16ClN3O3/c14-10-4-3-9(13(19)20)12(16-10)15-6-5-11(18)17-7-1-2-8-17/h3-4H,1-2,5-8H2,(H,15,16)(H,19,20). The molecule has 0 saturated carbocycles. The van der Waals surface area contributed by atoms with Crippen LogP contribution in [0.5, 0.6) is 0 Å². The van der Waals surface area contributed by atoms with Crippen molar-refractivity contribution >= 4 is 29.3 Å². The van der Waals surface area contributed by atoms with Crippen molar-refractivity contribution in [3.63, 3.8) is 0 Å². The van der Waals surface area contributed by atoms with Crippen LogP contribution in [0.4, 0.5) is 5.82 Å². The topological polar surface area (TPSA) is 82.5 Å². The summed E-state index contributed by atoms with van der Waals surface area (Å²) in [6.07, 6.45) is 2.42. The second-order valence-electron chi connectivity index (χ2n) is 4.60. The van der Waals surface area contributed by atoms with E-state index in [4.69, 9.17) is 16.7 Å². The highest BCUT2D eigenvalue weighted by atomic mass is 35.5. The normalized spacial score (nSPS) is 14.3. The third kappa shape index (κ3) is 3.60. The summed E-state index contributed by atoms with van der Waals surface area (Å²) in [6.45, 7) is 1.96. The van der Waals surface area contributed by atoms with Gasteiger partial charge in [-0.1, -0.05) is 11.6 Å². The first kappa shape index (κ1) is 14.6. The van der Waals surface area contributed by atoms with Crippen molar-refractivity contribution in [1.29, 1.82) is 0 Å². The van der Waals surface area contributed by atoms with Crippen molar-refractivity contribution < 1.29 is 14.7 Å². The number of carboxylic acids is 1. The van der Waals surface area contributed by atoms with Gasteiger partial charge < -0.3 is 15.3 Å². The Morgan fingerprint density at radius 1 is 1.35 bits per heavy atom. The number of carboxylic acid groups (broad SMARTS) is 1. The SMILES string of the molecule is O=C(O)c1ccc(Cl)nc1NCCC(=O)N1CCCC1. The molecular formula is C13H16ClN3O3. The molecular weight excluding hydrogens is 282 g/mol. The Bertz CT molecular complexity index is 516. The molecule has 108 valence electrons. The van der Waals surface area contributed by atoms with Crippen LogP contribution < -0.4 is 5.32 Å². The number of halogens is 1. The molecule has 1 aromatic heterocycles. The van der Waals surface area contributed by atoms with Gasteiger partial charge in [0.2, 0.25) is 5.91 Å². The van der Waals surface area contributed by atoms with E-state index in [-0.39, 0.29) is 22.4 Å². The Balaban J connectivity index is 1.91. The van der Waals surface area contributed by atoms with E-state index in [2.05, 4.69) is 10.3 Å². The number of carbonyl (C=O) groups is 2. The van der Waals surface area contributed by atoms with Crippen LogP contribution in [0.15, 0.2) is 12.1 Å². The second-order valence-corrected chi connectivity index (χ2v) is 4.99. The minimum absolute atomic E-state index is 0.0445. The maximum atomic E-state index is 11.8. The number of pyridine rings is 1. The fourth-order valence-corrected chi connectivity index (χ4v) is 2.30. The zero-order valence-electron chi connectivity index (χ0n) is 10.9. The van der Waals surface area contributed by atoms with Crippen LogP contribution in [-0.4, -0.2) is 46.5 Å². The van der Waals surface area contributed by atoms with Gasteiger partial charge in [0, 0.05) is 26.1 Å². The number of anilines is 1. The van der Waals surface area contributed by atoms with Crippen molar-refractivity contribution in [3.05, 3.63) is 22.8 Å². The number of rotatable bonds is 5. The summed E-state index contributed by atoms with van der Waals surface area (Å²) >= 11 is 5.75. The molecule has 0 bridgehead atoms. The van der Waals surface area contributed by atoms with E-state index >= 15 is 0 Å². The highest BCUT2D eigenvalue weighted by Gasteiger charge is 2.18. The number of nitrogens with one attached hydrogen (secondary N) is 1. The lowest BCUT2D eigenvalue weighted by molar-refractivity contribution is -0.129. The van der Waals surface area contributed by atoms with E-state index in [1.165, 1.54) is 12.1 Å². The molecule has 7 heteroatoms. The van der Waals surface area contributed by atoms with Gasteiger partial charge in [-0.05, 0) is 25.0 Å². The van der Waals surface area contributed by atoms with Crippen molar-refractivity contribution in [3.8, 4) is 0 Å². The van der Waals surface area contributed by atoms with Crippen molar-refractivity contribution in [2.24, 2.45) is 0 Å². The molecule has 2 N–H and O–H groups in total. The van der Waals surface area contributed by atoms with Gasteiger partial charge in [-0.3, -0.25) is 4.79 Å². The molecule has 0 radical (unpaired) electrons. The molecule has 2 rings (SSSR count). The largest absolute Gasteiger partial charge is 0.478 e. The van der Waals surface area contributed by atoms with Gasteiger partial charge in [0.05, 0.1) is 0 Å². The van der Waals surface area contributed by atoms with Gasteiger partial charge in [-0.2, -0.15) is 0 Å². The minimum Gasteiger partial charge on any atom is -0.478 e. The van der Waals surface area contributed by atoms with Gasteiger partial charge in [-0.25, -0.2) is 9.78 Å². The Labute approximate surface area is 121 Å². The first-order valence-corrected chi connectivity index (χ1v) is 6.87. The average Bonchev–Trinajstić information content (AvgIpc) is 2.92. The first-order valence-electron chi connectivity index (χ1n) is 6.49. The Kier molecular flexibility index (Phi) is 4.79. The summed E-state index contributed by atoms with van der Waals surface area (Å²) in [5, 5.41) is 12.1. The molecule has 0 aliphatic carbocycles. The summed E-state index contributed by atoms with van der Waals surface area (Å²) < 4.78 is 0. The Hall–Kier alpha value is -1.82. The van der Waals surface area contributed by atoms with Gasteiger partial charge in [-0.15, -0.1) is 0 Å². The predicted molar refractivity (Wildman–Crippen MR) is 75.1 cm³/mol. The van der Waals surface area contributed by atoms with Crippen molar-refractivity contribution in [2.45, 2.75) is 19.3 Å². The molecule has 1 aliphatic heterocycles. The molecule has 1 aromatic rings. The number of hydrogen-bond acceptors (Lipinski definition) is 4. The first-order chi connectivity index (χ1) is 9.58. The highest BCUT2D eigenvalue weighted by Crippen LogP contribution is 2.17. The minimum atomic E-state index is -1.08. The van der Waals surface area contributed by atoms with E-state index in [9.17, 15) is 9.59 Å². The van der Waals surface area contributed by atoms with E-state index in [0.717, 1.165) is 25.9 Å². The number of likely N-dealkylation sites (tertiary alicyclic amines) is 1. The average molecular weight is 298 g/mol. The maximum absolute atomic E-state index is 11.8. The molecule has 0 spiro atoms. The highest BCUT2D eigenvalue weighted by molar-refractivity contribution is 6.29. The van der Waals surface area contributed by atoms with E-state index in [1.54, 1.807) is 0 Å². The van der Waals surface area contributed by atoms with E-state index in [1.807, 2.05) is 4.90 Å². The summed E-state index contributed by atoms with van der Waals surface area (Å²) in [5.74, 6) is -0.810. The lowest BCUT2D eigenvalue weighted by Crippen LogP contribution is -2.29. The van der Waals surface area contributed by atoms with Crippen LogP contribution in [0.25, 0.3) is 0 Å². The van der Waals surface area contributed by atoms with Crippen molar-refractivity contribution in [1.82, 2.24) is 9.88 Å². The number of amides is 1. The second kappa shape index (κ2) is 6.56. The quantitative estimate of drug-likeness (QED) is 0.811. The lowest BCUT2D eigenvalue weighted by atomic mass is 10.2. The van der Waals surface area contributed by atoms with Gasteiger partial charge in [0.15, 0.2) is 0 Å². The van der Waals surface area contributed by atoms with Crippen LogP contribution in [0.2, 0.25) is 5.15 Å². The molecule has 1 aliphatic rings. The molecule has 0 unspecified atom stereocenters. The van der Waals surface area contributed by atoms with Crippen LogP contribution in [0, 0.1) is 0 Å². The predicted octanol–water partition coefficient (Wildman–Crippen LogP) is 1.86. The fourth-order valence-electron chi connectivity index (χ4n) is 2.16. The molecule has 0 atom stereocenters. The Morgan fingerprint density at radius 2 is 2.05 bits per heavy atom. The maximum Gasteiger partial charge on any atom is 0.339 e. The molecule has 20 heavy (non-hydrogen) atoms. The number of nitrogens with zero attached hydrogens (tertiary/aromatic N) is 2. The molecule has 1 amide bonds. The number of aromatic nitrogens is 1. The van der Waals surface area contributed by atoms with Gasteiger partial charge in [0.1, 0.15) is 16.5 Å². The number of hydrogen-bond donors (Lipinski definition) is 2. The third-order valence-electron chi connectivity index (χ3n) is 3.18. The monoisotopic (exact) mass is 297 g/mol. The zero-order chi connectivity index (χ0) is 14.5. The van der Waals surface area contributed by atoms with Crippen LogP contribution in [0.1, 0.15) is 29.6 Å². The van der Waals surface area contributed by atoms with E-state index < -0.39 is 5.97 Å². The molecule has 1 fully saturated rings. The van der Waals surface area contributed by atoms with Gasteiger partial charge >= 0.3 is 5.97 Å². The van der Waals surface area contributed by atoms with Crippen LogP contribution in [0.3, 0.4) is 0 Å². The molecule has 2 heterocycles. The lowest BCUT2D eigenvalue weighted by Gasteiger charge is -2.15. The third-order valence-corrected chi connectivity index (χ3v) is 3.39. The fraction of sp³-hybridized carbons (Fsp3) is 0.462. The summed E-state index contributed by atoms with van der Waals surface area (Å²) in [7, 11) is 0. The molecule has 1 saturated heterocycles. The van der Waals surface area contributed by atoms with Crippen molar-refractivity contribution in [2.75, 3.05) is 25.0 Å². The van der Waals surface area contributed by atoms with Crippen LogP contribution >= 0.6 is 11.6 Å². The number of carbonyl (C=O) groups excluding carboxylic acids is 1. The molecule has 6 nitrogen and oxygen atoms in total. The summed E-state index contributed by atoms with van der Waals surface area (Å²) in [4.78, 5) is 28.6. The summed E-state index contributed by atoms with van der Waals surface area (Å²) in [6, 6.07) is 2.81. The molecule has 0 aromatic carbocycles. The smallest absolute Gasteiger partial charge is 0.339 e. The Morgan fingerprint density at radius 3 is 2.70 bits per heavy atom. The zero-order valence-corrected chi connectivity index (χ0v) is 11.7. The van der Waals surface area contributed by atoms with Gasteiger partial charge in [0.25, 0.3) is 0 Å².